The summed E-state index contributed by atoms with van der Waals surface area (Å²) in [6.07, 6.45) is 6.74. The maximum atomic E-state index is 11.9. The predicted octanol–water partition coefficient (Wildman–Crippen LogP) is 1.04. The number of fused-ring (bicyclic) bond motifs is 2. The van der Waals surface area contributed by atoms with Crippen LogP contribution in [0.1, 0.15) is 32.1 Å². The Labute approximate surface area is 115 Å². The van der Waals surface area contributed by atoms with E-state index in [0.29, 0.717) is 24.3 Å². The molecular formula is C14H25N3O2. The second kappa shape index (κ2) is 5.29. The third-order valence-corrected chi connectivity index (χ3v) is 4.70. The Hall–Kier alpha value is -0.810. The number of hydrogen-bond acceptors (Lipinski definition) is 3. The zero-order chi connectivity index (χ0) is 13.4. The molecule has 0 aromatic rings. The van der Waals surface area contributed by atoms with E-state index in [4.69, 9.17) is 4.74 Å². The topological polar surface area (TPSA) is 44.8 Å². The first-order valence-electron chi connectivity index (χ1n) is 7.51. The van der Waals surface area contributed by atoms with E-state index < -0.39 is 0 Å². The lowest BCUT2D eigenvalue weighted by Crippen LogP contribution is -2.51. The Morgan fingerprint density at radius 1 is 1.21 bits per heavy atom. The summed E-state index contributed by atoms with van der Waals surface area (Å²) in [6.45, 7) is 1.74. The van der Waals surface area contributed by atoms with Crippen LogP contribution in [0.4, 0.5) is 4.79 Å². The summed E-state index contributed by atoms with van der Waals surface area (Å²) in [6, 6.07) is 1.25. The predicted molar refractivity (Wildman–Crippen MR) is 73.1 cm³/mol. The van der Waals surface area contributed by atoms with Crippen molar-refractivity contribution in [2.45, 2.75) is 56.4 Å². The quantitative estimate of drug-likeness (QED) is 0.813. The maximum Gasteiger partial charge on any atom is 0.319 e. The summed E-state index contributed by atoms with van der Waals surface area (Å²) < 4.78 is 5.88. The molecular weight excluding hydrogens is 242 g/mol. The van der Waals surface area contributed by atoms with Crippen molar-refractivity contribution in [1.29, 1.82) is 0 Å². The number of carbonyl (C=O) groups excluding carboxylic acids is 1. The summed E-state index contributed by atoms with van der Waals surface area (Å²) in [5.74, 6) is 0. The average Bonchev–Trinajstić information content (AvgIpc) is 3.01. The second-order valence-electron chi connectivity index (χ2n) is 6.32. The van der Waals surface area contributed by atoms with Crippen molar-refractivity contribution in [3.8, 4) is 0 Å². The summed E-state index contributed by atoms with van der Waals surface area (Å²) in [4.78, 5) is 15.5. The van der Waals surface area contributed by atoms with Gasteiger partial charge in [-0.2, -0.15) is 0 Å². The van der Waals surface area contributed by atoms with E-state index in [0.717, 1.165) is 25.9 Å². The van der Waals surface area contributed by atoms with Gasteiger partial charge in [-0.25, -0.2) is 4.79 Å². The first-order chi connectivity index (χ1) is 9.13. The first kappa shape index (κ1) is 13.2. The molecule has 3 unspecified atom stereocenters. The molecule has 2 amide bonds. The Kier molecular flexibility index (Phi) is 3.67. The Morgan fingerprint density at radius 3 is 2.47 bits per heavy atom. The lowest BCUT2D eigenvalue weighted by Gasteiger charge is -2.36. The lowest BCUT2D eigenvalue weighted by molar-refractivity contribution is 0.0934. The molecule has 108 valence electrons. The number of hydrogen-bond donors (Lipinski definition) is 1. The van der Waals surface area contributed by atoms with Crippen LogP contribution in [0.5, 0.6) is 0 Å². The van der Waals surface area contributed by atoms with Crippen molar-refractivity contribution in [2.75, 3.05) is 27.2 Å². The summed E-state index contributed by atoms with van der Waals surface area (Å²) in [5, 5.41) is 3.76. The number of rotatable bonds is 2. The van der Waals surface area contributed by atoms with Crippen molar-refractivity contribution >= 4 is 6.03 Å². The van der Waals surface area contributed by atoms with E-state index >= 15 is 0 Å². The summed E-state index contributed by atoms with van der Waals surface area (Å²) in [5.41, 5.74) is 0. The lowest BCUT2D eigenvalue weighted by atomic mass is 9.93. The summed E-state index contributed by atoms with van der Waals surface area (Å²) in [7, 11) is 3.64. The molecule has 0 aromatic heterocycles. The highest BCUT2D eigenvalue weighted by molar-refractivity contribution is 5.73. The molecule has 0 spiro atoms. The van der Waals surface area contributed by atoms with Crippen molar-refractivity contribution in [3.63, 3.8) is 0 Å². The fourth-order valence-electron chi connectivity index (χ4n) is 3.64. The highest BCUT2D eigenvalue weighted by atomic mass is 16.5. The molecule has 3 fully saturated rings. The van der Waals surface area contributed by atoms with E-state index in [1.165, 1.54) is 19.3 Å². The smallest absolute Gasteiger partial charge is 0.319 e. The largest absolute Gasteiger partial charge is 0.373 e. The maximum absolute atomic E-state index is 11.9. The molecule has 0 saturated carbocycles. The van der Waals surface area contributed by atoms with Crippen molar-refractivity contribution < 1.29 is 9.53 Å². The van der Waals surface area contributed by atoms with Crippen LogP contribution in [0.15, 0.2) is 0 Å². The van der Waals surface area contributed by atoms with Gasteiger partial charge in [-0.15, -0.1) is 0 Å². The van der Waals surface area contributed by atoms with E-state index in [1.807, 2.05) is 19.0 Å². The third-order valence-electron chi connectivity index (χ3n) is 4.70. The van der Waals surface area contributed by atoms with Gasteiger partial charge in [0.25, 0.3) is 0 Å². The van der Waals surface area contributed by atoms with Gasteiger partial charge in [-0.1, -0.05) is 0 Å². The molecule has 0 aromatic carbocycles. The number of ether oxygens (including phenoxy) is 1. The van der Waals surface area contributed by atoms with Crippen LogP contribution in [0, 0.1) is 0 Å². The average molecular weight is 267 g/mol. The van der Waals surface area contributed by atoms with Gasteiger partial charge in [-0.3, -0.25) is 0 Å². The molecule has 3 aliphatic rings. The Morgan fingerprint density at radius 2 is 1.95 bits per heavy atom. The van der Waals surface area contributed by atoms with Gasteiger partial charge in [-0.05, 0) is 32.1 Å². The number of piperidine rings is 1. The highest BCUT2D eigenvalue weighted by Crippen LogP contribution is 2.34. The molecule has 3 atom stereocenters. The molecule has 0 aliphatic carbocycles. The van der Waals surface area contributed by atoms with Crippen LogP contribution in [-0.2, 0) is 4.74 Å². The molecule has 19 heavy (non-hydrogen) atoms. The summed E-state index contributed by atoms with van der Waals surface area (Å²) >= 11 is 0. The molecule has 3 heterocycles. The third kappa shape index (κ3) is 2.72. The number of urea groups is 1. The monoisotopic (exact) mass is 267 g/mol. The SMILES string of the molecule is CN(C)C(=O)N1CCC(NC2CC3CCC2O3)CC1. The second-order valence-corrected chi connectivity index (χ2v) is 6.32. The molecule has 5 nitrogen and oxygen atoms in total. The number of likely N-dealkylation sites (tertiary alicyclic amines) is 1. The molecule has 5 heteroatoms. The van der Waals surface area contributed by atoms with Crippen LogP contribution in [0.3, 0.4) is 0 Å². The van der Waals surface area contributed by atoms with Crippen LogP contribution in [-0.4, -0.2) is 67.3 Å². The Bertz CT molecular complexity index is 340. The van der Waals surface area contributed by atoms with Gasteiger partial charge in [0, 0.05) is 39.3 Å². The van der Waals surface area contributed by atoms with Crippen molar-refractivity contribution in [1.82, 2.24) is 15.1 Å². The van der Waals surface area contributed by atoms with E-state index in [2.05, 4.69) is 5.32 Å². The minimum atomic E-state index is 0.140. The van der Waals surface area contributed by atoms with Crippen molar-refractivity contribution in [3.05, 3.63) is 0 Å². The van der Waals surface area contributed by atoms with Gasteiger partial charge in [0.1, 0.15) is 0 Å². The minimum Gasteiger partial charge on any atom is -0.373 e. The molecule has 3 saturated heterocycles. The normalized spacial score (nSPS) is 34.8. The fourth-order valence-corrected chi connectivity index (χ4v) is 3.64. The number of nitrogens with one attached hydrogen (secondary N) is 1. The van der Waals surface area contributed by atoms with Crippen LogP contribution >= 0.6 is 0 Å². The number of nitrogens with zero attached hydrogens (tertiary/aromatic N) is 2. The van der Waals surface area contributed by atoms with Crippen LogP contribution in [0.25, 0.3) is 0 Å². The Balaban J connectivity index is 1.44. The minimum absolute atomic E-state index is 0.140. The van der Waals surface area contributed by atoms with E-state index in [-0.39, 0.29) is 6.03 Å². The van der Waals surface area contributed by atoms with Gasteiger partial charge >= 0.3 is 6.03 Å². The van der Waals surface area contributed by atoms with Gasteiger partial charge < -0.3 is 19.9 Å². The first-order valence-corrected chi connectivity index (χ1v) is 7.51. The fraction of sp³-hybridized carbons (Fsp3) is 0.929. The molecule has 3 aliphatic heterocycles. The standard InChI is InChI=1S/C14H25N3O2/c1-16(2)14(18)17-7-5-10(6-8-17)15-12-9-11-3-4-13(12)19-11/h10-13,15H,3-9H2,1-2H3. The highest BCUT2D eigenvalue weighted by Gasteiger charge is 2.41. The number of carbonyl (C=O) groups is 1. The van der Waals surface area contributed by atoms with Crippen molar-refractivity contribution in [2.24, 2.45) is 0 Å². The molecule has 1 N–H and O–H groups in total. The zero-order valence-electron chi connectivity index (χ0n) is 12.0. The molecule has 0 radical (unpaired) electrons. The van der Waals surface area contributed by atoms with E-state index in [9.17, 15) is 4.79 Å². The van der Waals surface area contributed by atoms with Gasteiger partial charge in [0.2, 0.25) is 0 Å². The molecule has 2 bridgehead atoms. The zero-order valence-corrected chi connectivity index (χ0v) is 12.0. The number of amides is 2. The van der Waals surface area contributed by atoms with Gasteiger partial charge in [0.15, 0.2) is 0 Å². The van der Waals surface area contributed by atoms with Crippen LogP contribution < -0.4 is 5.32 Å². The van der Waals surface area contributed by atoms with E-state index in [1.54, 1.807) is 4.90 Å². The van der Waals surface area contributed by atoms with Gasteiger partial charge in [0.05, 0.1) is 12.2 Å². The van der Waals surface area contributed by atoms with Crippen LogP contribution in [0.2, 0.25) is 0 Å². The molecule has 3 rings (SSSR count).